The van der Waals surface area contributed by atoms with Crippen molar-refractivity contribution in [1.29, 1.82) is 0 Å². The van der Waals surface area contributed by atoms with Gasteiger partial charge in [0.2, 0.25) is 0 Å². The molecule has 0 aliphatic heterocycles. The Bertz CT molecular complexity index is 513. The van der Waals surface area contributed by atoms with E-state index in [1.807, 2.05) is 12.1 Å². The number of benzene rings is 2. The maximum absolute atomic E-state index is 13.0. The summed E-state index contributed by atoms with van der Waals surface area (Å²) in [6.07, 6.45) is -0.298. The van der Waals surface area contributed by atoms with Gasteiger partial charge < -0.3 is 5.11 Å². The fourth-order valence-corrected chi connectivity index (χ4v) is 1.93. The highest BCUT2D eigenvalue weighted by molar-refractivity contribution is 6.30. The molecule has 0 aliphatic carbocycles. The quantitative estimate of drug-likeness (QED) is 0.880. The monoisotopic (exact) mass is 250 g/mol. The Morgan fingerprint density at radius 3 is 2.59 bits per heavy atom. The van der Waals surface area contributed by atoms with E-state index in [0.717, 1.165) is 5.56 Å². The van der Waals surface area contributed by atoms with Gasteiger partial charge in [-0.3, -0.25) is 0 Å². The summed E-state index contributed by atoms with van der Waals surface area (Å²) in [6, 6.07) is 13.3. The molecule has 0 spiro atoms. The van der Waals surface area contributed by atoms with Crippen molar-refractivity contribution in [3.05, 3.63) is 70.5 Å². The zero-order valence-electron chi connectivity index (χ0n) is 9.11. The molecule has 0 saturated carbocycles. The summed E-state index contributed by atoms with van der Waals surface area (Å²) in [4.78, 5) is 0. The van der Waals surface area contributed by atoms with Gasteiger partial charge in [-0.25, -0.2) is 4.39 Å². The van der Waals surface area contributed by atoms with Crippen molar-refractivity contribution in [2.24, 2.45) is 0 Å². The van der Waals surface area contributed by atoms with Crippen LogP contribution in [0.3, 0.4) is 0 Å². The van der Waals surface area contributed by atoms with Gasteiger partial charge in [0, 0.05) is 11.4 Å². The molecule has 0 bridgehead atoms. The first-order valence-electron chi connectivity index (χ1n) is 5.33. The number of aliphatic hydroxyl groups excluding tert-OH is 1. The van der Waals surface area contributed by atoms with E-state index in [9.17, 15) is 9.50 Å². The Balaban J connectivity index is 2.14. The number of aliphatic hydroxyl groups is 1. The van der Waals surface area contributed by atoms with E-state index >= 15 is 0 Å². The Morgan fingerprint density at radius 2 is 1.88 bits per heavy atom. The summed E-state index contributed by atoms with van der Waals surface area (Å²) in [6.45, 7) is 0. The van der Waals surface area contributed by atoms with Crippen molar-refractivity contribution in [2.45, 2.75) is 12.5 Å². The summed E-state index contributed by atoms with van der Waals surface area (Å²) in [5.74, 6) is -0.340. The SMILES string of the molecule is OC(Cc1cccc(Cl)c1)c1cccc(F)c1. The highest BCUT2D eigenvalue weighted by Gasteiger charge is 2.09. The lowest BCUT2D eigenvalue weighted by Crippen LogP contribution is -2.02. The molecule has 2 rings (SSSR count). The lowest BCUT2D eigenvalue weighted by atomic mass is 10.0. The van der Waals surface area contributed by atoms with Gasteiger partial charge in [-0.15, -0.1) is 0 Å². The molecule has 2 aromatic rings. The second-order valence-corrected chi connectivity index (χ2v) is 4.34. The predicted octanol–water partition coefficient (Wildman–Crippen LogP) is 3.76. The molecule has 1 atom stereocenters. The molecule has 0 aliphatic rings. The van der Waals surface area contributed by atoms with E-state index in [0.29, 0.717) is 17.0 Å². The maximum Gasteiger partial charge on any atom is 0.123 e. The summed E-state index contributed by atoms with van der Waals surface area (Å²) < 4.78 is 13.0. The van der Waals surface area contributed by atoms with Crippen LogP contribution in [0.4, 0.5) is 4.39 Å². The summed E-state index contributed by atoms with van der Waals surface area (Å²) in [7, 11) is 0. The van der Waals surface area contributed by atoms with Crippen LogP contribution in [0.2, 0.25) is 5.02 Å². The first-order chi connectivity index (χ1) is 8.15. The zero-order chi connectivity index (χ0) is 12.3. The predicted molar refractivity (Wildman–Crippen MR) is 66.5 cm³/mol. The van der Waals surface area contributed by atoms with E-state index in [4.69, 9.17) is 11.6 Å². The molecule has 2 aromatic carbocycles. The molecule has 1 unspecified atom stereocenters. The van der Waals surface area contributed by atoms with Crippen molar-refractivity contribution < 1.29 is 9.50 Å². The third kappa shape index (κ3) is 3.29. The van der Waals surface area contributed by atoms with Crippen LogP contribution in [0.15, 0.2) is 48.5 Å². The number of hydrogen-bond acceptors (Lipinski definition) is 1. The first-order valence-corrected chi connectivity index (χ1v) is 5.71. The average Bonchev–Trinajstić information content (AvgIpc) is 2.29. The van der Waals surface area contributed by atoms with Gasteiger partial charge in [0.05, 0.1) is 6.10 Å². The van der Waals surface area contributed by atoms with E-state index in [-0.39, 0.29) is 5.82 Å². The third-order valence-electron chi connectivity index (χ3n) is 2.55. The fourth-order valence-electron chi connectivity index (χ4n) is 1.72. The molecule has 0 saturated heterocycles. The third-order valence-corrected chi connectivity index (χ3v) is 2.79. The van der Waals surface area contributed by atoms with Crippen molar-refractivity contribution in [2.75, 3.05) is 0 Å². The number of hydrogen-bond donors (Lipinski definition) is 1. The summed E-state index contributed by atoms with van der Waals surface area (Å²) in [5.41, 5.74) is 1.50. The Labute approximate surface area is 104 Å². The van der Waals surface area contributed by atoms with E-state index in [1.54, 1.807) is 24.3 Å². The highest BCUT2D eigenvalue weighted by Crippen LogP contribution is 2.20. The fraction of sp³-hybridized carbons (Fsp3) is 0.143. The van der Waals surface area contributed by atoms with Crippen molar-refractivity contribution >= 4 is 11.6 Å². The second-order valence-electron chi connectivity index (χ2n) is 3.90. The summed E-state index contributed by atoms with van der Waals surface area (Å²) in [5, 5.41) is 10.6. The van der Waals surface area contributed by atoms with Crippen molar-refractivity contribution in [1.82, 2.24) is 0 Å². The minimum atomic E-state index is -0.718. The van der Waals surface area contributed by atoms with Crippen LogP contribution < -0.4 is 0 Å². The minimum absolute atomic E-state index is 0.340. The Kier molecular flexibility index (Phi) is 3.77. The van der Waals surface area contributed by atoms with Crippen LogP contribution in [-0.4, -0.2) is 5.11 Å². The van der Waals surface area contributed by atoms with Crippen LogP contribution in [0.25, 0.3) is 0 Å². The zero-order valence-corrected chi connectivity index (χ0v) is 9.86. The van der Waals surface area contributed by atoms with Gasteiger partial charge in [-0.05, 0) is 35.4 Å². The average molecular weight is 251 g/mol. The van der Waals surface area contributed by atoms with E-state index in [1.165, 1.54) is 12.1 Å². The molecule has 0 amide bonds. The molecule has 88 valence electrons. The second kappa shape index (κ2) is 5.30. The van der Waals surface area contributed by atoms with Crippen LogP contribution in [0.1, 0.15) is 17.2 Å². The number of halogens is 2. The largest absolute Gasteiger partial charge is 0.388 e. The van der Waals surface area contributed by atoms with Crippen LogP contribution in [-0.2, 0) is 6.42 Å². The minimum Gasteiger partial charge on any atom is -0.388 e. The van der Waals surface area contributed by atoms with Gasteiger partial charge in [-0.1, -0.05) is 35.9 Å². The molecular weight excluding hydrogens is 239 g/mol. The smallest absolute Gasteiger partial charge is 0.123 e. The number of rotatable bonds is 3. The molecule has 1 nitrogen and oxygen atoms in total. The maximum atomic E-state index is 13.0. The normalized spacial score (nSPS) is 12.4. The van der Waals surface area contributed by atoms with Gasteiger partial charge in [-0.2, -0.15) is 0 Å². The van der Waals surface area contributed by atoms with Gasteiger partial charge in [0.25, 0.3) is 0 Å². The summed E-state index contributed by atoms with van der Waals surface area (Å²) >= 11 is 5.86. The molecule has 0 aromatic heterocycles. The van der Waals surface area contributed by atoms with Crippen molar-refractivity contribution in [3.63, 3.8) is 0 Å². The molecule has 1 N–H and O–H groups in total. The first kappa shape index (κ1) is 12.1. The molecular formula is C14H12ClFO. The van der Waals surface area contributed by atoms with Crippen LogP contribution >= 0.6 is 11.6 Å². The van der Waals surface area contributed by atoms with Gasteiger partial charge in [0.15, 0.2) is 0 Å². The lowest BCUT2D eigenvalue weighted by molar-refractivity contribution is 0.178. The standard InChI is InChI=1S/C14H12ClFO/c15-12-5-1-3-10(7-12)8-14(17)11-4-2-6-13(16)9-11/h1-7,9,14,17H,8H2. The van der Waals surface area contributed by atoms with E-state index < -0.39 is 6.10 Å². The lowest BCUT2D eigenvalue weighted by Gasteiger charge is -2.11. The topological polar surface area (TPSA) is 20.2 Å². The van der Waals surface area contributed by atoms with Gasteiger partial charge in [0.1, 0.15) is 5.82 Å². The van der Waals surface area contributed by atoms with Crippen LogP contribution in [0, 0.1) is 5.82 Å². The van der Waals surface area contributed by atoms with Crippen molar-refractivity contribution in [3.8, 4) is 0 Å². The van der Waals surface area contributed by atoms with E-state index in [2.05, 4.69) is 0 Å². The molecule has 0 radical (unpaired) electrons. The van der Waals surface area contributed by atoms with Crippen LogP contribution in [0.5, 0.6) is 0 Å². The molecule has 17 heavy (non-hydrogen) atoms. The van der Waals surface area contributed by atoms with Gasteiger partial charge >= 0.3 is 0 Å². The molecule has 3 heteroatoms. The highest BCUT2D eigenvalue weighted by atomic mass is 35.5. The molecule has 0 fully saturated rings. The Hall–Kier alpha value is -1.38. The molecule has 0 heterocycles. The Morgan fingerprint density at radius 1 is 1.12 bits per heavy atom.